The average molecular weight is 479 g/mol. The number of nitrogens with two attached hydrogens (primary N) is 1. The Kier molecular flexibility index (Phi) is 28.5. The van der Waals surface area contributed by atoms with Crippen LogP contribution in [-0.2, 0) is 28.7 Å². The average Bonchev–Trinajstić information content (AvgIpc) is 2.80. The lowest BCUT2D eigenvalue weighted by molar-refractivity contribution is -0.137. The second kappa shape index (κ2) is 29.2. The first kappa shape index (κ1) is 32.2. The van der Waals surface area contributed by atoms with Gasteiger partial charge in [0.1, 0.15) is 0 Å². The zero-order chi connectivity index (χ0) is 24.1. The maximum atomic E-state index is 10.4. The van der Waals surface area contributed by atoms with E-state index in [4.69, 9.17) is 30.1 Å². The largest absolute Gasteiger partial charge is 0.481 e. The standard InChI is InChI=1S/C24H50N2O7/c25-32-22-20-30-18-16-29-17-19-31-21-23-33-26-15-13-11-9-7-5-3-1-2-4-6-8-10-12-14-24(27)28/h26H,1-23,25H2,(H,27,28). The summed E-state index contributed by atoms with van der Waals surface area (Å²) in [5.74, 6) is 4.21. The maximum absolute atomic E-state index is 10.4. The first-order valence-electron chi connectivity index (χ1n) is 12.9. The van der Waals surface area contributed by atoms with Crippen molar-refractivity contribution in [2.45, 2.75) is 89.9 Å². The smallest absolute Gasteiger partial charge is 0.303 e. The lowest BCUT2D eigenvalue weighted by atomic mass is 10.0. The van der Waals surface area contributed by atoms with Gasteiger partial charge in [-0.1, -0.05) is 70.6 Å². The van der Waals surface area contributed by atoms with E-state index in [1.165, 1.54) is 64.2 Å². The molecule has 0 bridgehead atoms. The summed E-state index contributed by atoms with van der Waals surface area (Å²) >= 11 is 0. The third kappa shape index (κ3) is 31.2. The SMILES string of the molecule is NOCCOCCOCCOCCONCCCCCCCCCCCCCCCC(=O)O. The van der Waals surface area contributed by atoms with E-state index in [1.54, 1.807) is 0 Å². The Morgan fingerprint density at radius 2 is 0.970 bits per heavy atom. The number of rotatable bonds is 29. The molecule has 0 amide bonds. The molecule has 0 fully saturated rings. The van der Waals surface area contributed by atoms with Gasteiger partial charge in [0.2, 0.25) is 0 Å². The van der Waals surface area contributed by atoms with Gasteiger partial charge < -0.3 is 24.2 Å². The van der Waals surface area contributed by atoms with Crippen molar-refractivity contribution in [3.8, 4) is 0 Å². The summed E-state index contributed by atoms with van der Waals surface area (Å²) in [5, 5.41) is 8.59. The van der Waals surface area contributed by atoms with Crippen molar-refractivity contribution in [2.75, 3.05) is 59.4 Å². The van der Waals surface area contributed by atoms with Crippen molar-refractivity contribution in [1.29, 1.82) is 0 Å². The Hall–Kier alpha value is -0.810. The molecule has 0 aromatic carbocycles. The fraction of sp³-hybridized carbons (Fsp3) is 0.958. The minimum Gasteiger partial charge on any atom is -0.481 e. The zero-order valence-corrected chi connectivity index (χ0v) is 20.7. The molecule has 0 heterocycles. The highest BCUT2D eigenvalue weighted by atomic mass is 16.7. The number of nitrogens with one attached hydrogen (secondary N) is 1. The number of ether oxygens (including phenoxy) is 3. The molecule has 0 aliphatic carbocycles. The number of carboxylic acid groups (broad SMARTS) is 1. The molecule has 198 valence electrons. The molecule has 0 saturated heterocycles. The molecular formula is C24H50N2O7. The molecule has 0 aromatic heterocycles. The van der Waals surface area contributed by atoms with Gasteiger partial charge in [-0.05, 0) is 12.8 Å². The van der Waals surface area contributed by atoms with Crippen LogP contribution < -0.4 is 11.4 Å². The number of hydrogen-bond donors (Lipinski definition) is 3. The highest BCUT2D eigenvalue weighted by Crippen LogP contribution is 2.12. The molecule has 0 aromatic rings. The molecule has 0 rings (SSSR count). The van der Waals surface area contributed by atoms with Crippen LogP contribution in [0.2, 0.25) is 0 Å². The predicted molar refractivity (Wildman–Crippen MR) is 129 cm³/mol. The van der Waals surface area contributed by atoms with E-state index in [9.17, 15) is 4.79 Å². The number of hydroxylamine groups is 1. The number of unbranched alkanes of at least 4 members (excludes halogenated alkanes) is 12. The summed E-state index contributed by atoms with van der Waals surface area (Å²) in [6.07, 6.45) is 16.2. The predicted octanol–water partition coefficient (Wildman–Crippen LogP) is 3.99. The Morgan fingerprint density at radius 3 is 1.42 bits per heavy atom. The van der Waals surface area contributed by atoms with Crippen LogP contribution in [0.5, 0.6) is 0 Å². The van der Waals surface area contributed by atoms with E-state index in [-0.39, 0.29) is 0 Å². The fourth-order valence-electron chi connectivity index (χ4n) is 3.31. The highest BCUT2D eigenvalue weighted by Gasteiger charge is 1.97. The molecule has 0 aliphatic heterocycles. The minimum absolute atomic E-state index is 0.320. The van der Waals surface area contributed by atoms with Crippen LogP contribution in [0.3, 0.4) is 0 Å². The van der Waals surface area contributed by atoms with Crippen molar-refractivity contribution < 1.29 is 33.8 Å². The van der Waals surface area contributed by atoms with Crippen molar-refractivity contribution in [2.24, 2.45) is 5.90 Å². The van der Waals surface area contributed by atoms with E-state index < -0.39 is 5.97 Å². The topological polar surface area (TPSA) is 122 Å². The molecule has 33 heavy (non-hydrogen) atoms. The lowest BCUT2D eigenvalue weighted by Gasteiger charge is -2.08. The van der Waals surface area contributed by atoms with Crippen molar-refractivity contribution in [3.63, 3.8) is 0 Å². The third-order valence-corrected chi connectivity index (χ3v) is 5.19. The van der Waals surface area contributed by atoms with Crippen LogP contribution in [-0.4, -0.2) is 70.5 Å². The van der Waals surface area contributed by atoms with Gasteiger partial charge in [0, 0.05) is 13.0 Å². The lowest BCUT2D eigenvalue weighted by Crippen LogP contribution is -2.20. The number of aliphatic carboxylic acids is 1. The molecule has 0 radical (unpaired) electrons. The van der Waals surface area contributed by atoms with E-state index in [0.717, 1.165) is 25.8 Å². The summed E-state index contributed by atoms with van der Waals surface area (Å²) in [6, 6.07) is 0. The van der Waals surface area contributed by atoms with E-state index in [1.807, 2.05) is 0 Å². The molecular weight excluding hydrogens is 428 g/mol. The van der Waals surface area contributed by atoms with Crippen LogP contribution in [0.1, 0.15) is 89.9 Å². The second-order valence-electron chi connectivity index (χ2n) is 8.19. The van der Waals surface area contributed by atoms with Crippen LogP contribution in [0, 0.1) is 0 Å². The Bertz CT molecular complexity index is 390. The first-order valence-corrected chi connectivity index (χ1v) is 12.9. The Balaban J connectivity index is 3.01. The van der Waals surface area contributed by atoms with Crippen LogP contribution in [0.4, 0.5) is 0 Å². The van der Waals surface area contributed by atoms with Gasteiger partial charge in [0.25, 0.3) is 0 Å². The van der Waals surface area contributed by atoms with Gasteiger partial charge in [0.15, 0.2) is 0 Å². The minimum atomic E-state index is -0.673. The monoisotopic (exact) mass is 478 g/mol. The first-order chi connectivity index (χ1) is 16.3. The van der Waals surface area contributed by atoms with Crippen LogP contribution in [0.15, 0.2) is 0 Å². The van der Waals surface area contributed by atoms with Gasteiger partial charge in [-0.15, -0.1) is 0 Å². The Morgan fingerprint density at radius 1 is 0.576 bits per heavy atom. The van der Waals surface area contributed by atoms with E-state index in [0.29, 0.717) is 59.3 Å². The number of carbonyl (C=O) groups is 1. The number of carboxylic acids is 1. The molecule has 4 N–H and O–H groups in total. The molecule has 0 saturated carbocycles. The molecule has 0 atom stereocenters. The van der Waals surface area contributed by atoms with Gasteiger partial charge in [-0.3, -0.25) is 9.63 Å². The van der Waals surface area contributed by atoms with Crippen molar-refractivity contribution in [3.05, 3.63) is 0 Å². The third-order valence-electron chi connectivity index (χ3n) is 5.19. The van der Waals surface area contributed by atoms with Gasteiger partial charge in [-0.25, -0.2) is 11.4 Å². The summed E-state index contributed by atoms with van der Waals surface area (Å²) in [5.41, 5.74) is 2.99. The highest BCUT2D eigenvalue weighted by molar-refractivity contribution is 5.66. The summed E-state index contributed by atoms with van der Waals surface area (Å²) in [6.45, 7) is 4.97. The van der Waals surface area contributed by atoms with Crippen LogP contribution >= 0.6 is 0 Å². The zero-order valence-electron chi connectivity index (χ0n) is 20.7. The van der Waals surface area contributed by atoms with Gasteiger partial charge >= 0.3 is 5.97 Å². The molecule has 9 nitrogen and oxygen atoms in total. The number of hydrogen-bond acceptors (Lipinski definition) is 8. The summed E-state index contributed by atoms with van der Waals surface area (Å²) in [4.78, 5) is 20.2. The summed E-state index contributed by atoms with van der Waals surface area (Å²) in [7, 11) is 0. The molecule has 0 aliphatic rings. The maximum Gasteiger partial charge on any atom is 0.303 e. The molecule has 0 unspecified atom stereocenters. The normalized spacial score (nSPS) is 11.3. The fourth-order valence-corrected chi connectivity index (χ4v) is 3.31. The van der Waals surface area contributed by atoms with Gasteiger partial charge in [-0.2, -0.15) is 0 Å². The van der Waals surface area contributed by atoms with Crippen LogP contribution in [0.25, 0.3) is 0 Å². The van der Waals surface area contributed by atoms with Gasteiger partial charge in [0.05, 0.1) is 52.9 Å². The molecule has 9 heteroatoms. The van der Waals surface area contributed by atoms with Crippen molar-refractivity contribution in [1.82, 2.24) is 5.48 Å². The molecule has 0 spiro atoms. The second-order valence-corrected chi connectivity index (χ2v) is 8.19. The Labute approximate surface area is 200 Å². The van der Waals surface area contributed by atoms with E-state index >= 15 is 0 Å². The summed E-state index contributed by atoms with van der Waals surface area (Å²) < 4.78 is 16.0. The quantitative estimate of drug-likeness (QED) is 0.108. The van der Waals surface area contributed by atoms with Crippen molar-refractivity contribution >= 4 is 5.97 Å². The van der Waals surface area contributed by atoms with E-state index in [2.05, 4.69) is 10.3 Å².